The smallest absolute Gasteiger partial charge is 0.339 e. The van der Waals surface area contributed by atoms with Gasteiger partial charge in [0.2, 0.25) is 0 Å². The molecule has 0 bridgehead atoms. The maximum Gasteiger partial charge on any atom is 0.339 e. The second kappa shape index (κ2) is 7.11. The molecule has 0 saturated heterocycles. The maximum atomic E-state index is 12.8. The predicted molar refractivity (Wildman–Crippen MR) is 76.3 cm³/mol. The first kappa shape index (κ1) is 14.6. The van der Waals surface area contributed by atoms with Crippen LogP contribution in [0.1, 0.15) is 15.9 Å². The van der Waals surface area contributed by atoms with Crippen molar-refractivity contribution in [3.63, 3.8) is 0 Å². The maximum absolute atomic E-state index is 12.8. The van der Waals surface area contributed by atoms with Crippen LogP contribution in [0.4, 0.5) is 4.39 Å². The Hall–Kier alpha value is -2.80. The Bertz CT molecular complexity index is 639. The molecule has 0 atom stereocenters. The van der Waals surface area contributed by atoms with E-state index in [1.807, 2.05) is 0 Å². The van der Waals surface area contributed by atoms with E-state index in [4.69, 9.17) is 15.9 Å². The summed E-state index contributed by atoms with van der Waals surface area (Å²) in [5, 5.41) is 0. The molecule has 0 unspecified atom stereocenters. The number of benzene rings is 2. The summed E-state index contributed by atoms with van der Waals surface area (Å²) < 4.78 is 23.1. The van der Waals surface area contributed by atoms with Gasteiger partial charge in [0, 0.05) is 0 Å². The third-order valence-electron chi connectivity index (χ3n) is 2.70. The molecule has 2 aromatic rings. The highest BCUT2D eigenvalue weighted by molar-refractivity contribution is 5.89. The molecule has 2 aromatic carbocycles. The van der Waals surface area contributed by atoms with Crippen LogP contribution in [0.2, 0.25) is 0 Å². The lowest BCUT2D eigenvalue weighted by Crippen LogP contribution is -2.05. The monoisotopic (exact) mass is 284 g/mol. The van der Waals surface area contributed by atoms with Crippen molar-refractivity contribution in [2.45, 2.75) is 6.61 Å². The first-order chi connectivity index (χ1) is 10.2. The molecule has 0 spiro atoms. The second-order valence-electron chi connectivity index (χ2n) is 4.22. The summed E-state index contributed by atoms with van der Waals surface area (Å²) in [6, 6.07) is 12.6. The first-order valence-corrected chi connectivity index (χ1v) is 6.27. The summed E-state index contributed by atoms with van der Waals surface area (Å²) in [4.78, 5) is 11.5. The molecule has 0 heterocycles. The van der Waals surface area contributed by atoms with Crippen molar-refractivity contribution in [3.05, 3.63) is 65.5 Å². The molecule has 0 aliphatic rings. The number of rotatable bonds is 5. The van der Waals surface area contributed by atoms with Crippen molar-refractivity contribution < 1.29 is 18.7 Å². The Morgan fingerprint density at radius 3 is 2.38 bits per heavy atom. The van der Waals surface area contributed by atoms with Crippen molar-refractivity contribution in [1.29, 1.82) is 0 Å². The molecule has 0 saturated carbocycles. The van der Waals surface area contributed by atoms with Gasteiger partial charge in [-0.3, -0.25) is 0 Å². The molecular weight excluding hydrogens is 271 g/mol. The first-order valence-electron chi connectivity index (χ1n) is 6.27. The second-order valence-corrected chi connectivity index (χ2v) is 4.22. The van der Waals surface area contributed by atoms with Crippen LogP contribution < -0.4 is 4.74 Å². The van der Waals surface area contributed by atoms with Crippen molar-refractivity contribution in [2.24, 2.45) is 0 Å². The van der Waals surface area contributed by atoms with E-state index in [1.54, 1.807) is 36.4 Å². The third-order valence-corrected chi connectivity index (χ3v) is 2.70. The molecule has 2 rings (SSSR count). The predicted octanol–water partition coefficient (Wildman–Crippen LogP) is 3.19. The Morgan fingerprint density at radius 2 is 1.76 bits per heavy atom. The molecule has 0 aromatic heterocycles. The van der Waals surface area contributed by atoms with E-state index in [1.165, 1.54) is 12.1 Å². The van der Waals surface area contributed by atoms with Gasteiger partial charge in [0.1, 0.15) is 18.2 Å². The topological polar surface area (TPSA) is 35.5 Å². The molecule has 0 aliphatic carbocycles. The Morgan fingerprint density at radius 1 is 1.10 bits per heavy atom. The Labute approximate surface area is 122 Å². The van der Waals surface area contributed by atoms with Crippen molar-refractivity contribution in [2.75, 3.05) is 6.61 Å². The zero-order chi connectivity index (χ0) is 15.1. The Balaban J connectivity index is 1.92. The summed E-state index contributed by atoms with van der Waals surface area (Å²) in [6.07, 6.45) is 5.01. The average Bonchev–Trinajstić information content (AvgIpc) is 2.52. The van der Waals surface area contributed by atoms with Gasteiger partial charge < -0.3 is 9.47 Å². The van der Waals surface area contributed by atoms with Gasteiger partial charge >= 0.3 is 5.97 Å². The molecular formula is C17H13FO3. The zero-order valence-electron chi connectivity index (χ0n) is 11.2. The molecule has 0 aliphatic heterocycles. The number of esters is 1. The van der Waals surface area contributed by atoms with Crippen LogP contribution in [0.5, 0.6) is 5.75 Å². The van der Waals surface area contributed by atoms with Crippen LogP contribution in [0.15, 0.2) is 48.5 Å². The molecule has 0 fully saturated rings. The molecule has 3 nitrogen and oxygen atoms in total. The summed E-state index contributed by atoms with van der Waals surface area (Å²) >= 11 is 0. The highest BCUT2D eigenvalue weighted by atomic mass is 19.1. The lowest BCUT2D eigenvalue weighted by molar-refractivity contribution is 0.0556. The van der Waals surface area contributed by atoms with Crippen LogP contribution in [0, 0.1) is 18.2 Å². The number of hydrogen-bond acceptors (Lipinski definition) is 3. The van der Waals surface area contributed by atoms with E-state index in [-0.39, 0.29) is 12.4 Å². The number of halogens is 1. The van der Waals surface area contributed by atoms with Gasteiger partial charge in [0.15, 0.2) is 6.61 Å². The van der Waals surface area contributed by atoms with Crippen molar-refractivity contribution in [1.82, 2.24) is 0 Å². The summed E-state index contributed by atoms with van der Waals surface area (Å²) in [7, 11) is 0. The fraction of sp³-hybridized carbons (Fsp3) is 0.118. The number of terminal acetylenes is 1. The zero-order valence-corrected chi connectivity index (χ0v) is 11.2. The van der Waals surface area contributed by atoms with E-state index in [0.29, 0.717) is 17.9 Å². The lowest BCUT2D eigenvalue weighted by Gasteiger charge is -2.07. The van der Waals surface area contributed by atoms with Crippen LogP contribution in [0.25, 0.3) is 0 Å². The third kappa shape index (κ3) is 4.36. The van der Waals surface area contributed by atoms with Crippen LogP contribution in [-0.4, -0.2) is 12.6 Å². The van der Waals surface area contributed by atoms with E-state index in [9.17, 15) is 9.18 Å². The van der Waals surface area contributed by atoms with Gasteiger partial charge in [-0.2, -0.15) is 0 Å². The normalized spacial score (nSPS) is 9.71. The molecule has 0 radical (unpaired) electrons. The standard InChI is InChI=1S/C17H13FO3/c1-2-11-20-17(19)14-5-9-16(10-6-14)21-12-13-3-7-15(18)8-4-13/h1,3-10H,11-12H2. The van der Waals surface area contributed by atoms with Gasteiger partial charge in [0.05, 0.1) is 5.56 Å². The van der Waals surface area contributed by atoms with E-state index in [0.717, 1.165) is 5.56 Å². The van der Waals surface area contributed by atoms with Gasteiger partial charge in [-0.25, -0.2) is 9.18 Å². The summed E-state index contributed by atoms with van der Waals surface area (Å²) in [5.41, 5.74) is 1.26. The van der Waals surface area contributed by atoms with E-state index >= 15 is 0 Å². The van der Waals surface area contributed by atoms with Crippen LogP contribution in [0.3, 0.4) is 0 Å². The fourth-order valence-corrected chi connectivity index (χ4v) is 1.63. The van der Waals surface area contributed by atoms with E-state index in [2.05, 4.69) is 5.92 Å². The fourth-order valence-electron chi connectivity index (χ4n) is 1.63. The molecule has 106 valence electrons. The summed E-state index contributed by atoms with van der Waals surface area (Å²) in [6.45, 7) is 0.267. The highest BCUT2D eigenvalue weighted by Crippen LogP contribution is 2.15. The SMILES string of the molecule is C#CCOC(=O)c1ccc(OCc2ccc(F)cc2)cc1. The number of carbonyl (C=O) groups is 1. The van der Waals surface area contributed by atoms with Gasteiger partial charge in [0.25, 0.3) is 0 Å². The minimum atomic E-state index is -0.474. The minimum absolute atomic E-state index is 0.0539. The van der Waals surface area contributed by atoms with E-state index < -0.39 is 5.97 Å². The average molecular weight is 284 g/mol. The van der Waals surface area contributed by atoms with Crippen LogP contribution >= 0.6 is 0 Å². The Kier molecular flexibility index (Phi) is 4.94. The molecule has 0 N–H and O–H groups in total. The lowest BCUT2D eigenvalue weighted by atomic mass is 10.2. The largest absolute Gasteiger partial charge is 0.489 e. The summed E-state index contributed by atoms with van der Waals surface area (Å²) in [5.74, 6) is 2.07. The van der Waals surface area contributed by atoms with Gasteiger partial charge in [-0.05, 0) is 42.0 Å². The highest BCUT2D eigenvalue weighted by Gasteiger charge is 2.06. The molecule has 0 amide bonds. The van der Waals surface area contributed by atoms with Crippen molar-refractivity contribution in [3.8, 4) is 18.1 Å². The van der Waals surface area contributed by atoms with Gasteiger partial charge in [-0.15, -0.1) is 6.42 Å². The molecule has 21 heavy (non-hydrogen) atoms. The number of ether oxygens (including phenoxy) is 2. The van der Waals surface area contributed by atoms with Gasteiger partial charge in [-0.1, -0.05) is 18.1 Å². The molecule has 4 heteroatoms. The van der Waals surface area contributed by atoms with Crippen LogP contribution in [-0.2, 0) is 11.3 Å². The van der Waals surface area contributed by atoms with Crippen molar-refractivity contribution >= 4 is 5.97 Å². The number of carbonyl (C=O) groups excluding carboxylic acids is 1. The number of hydrogen-bond donors (Lipinski definition) is 0. The quantitative estimate of drug-likeness (QED) is 0.625. The minimum Gasteiger partial charge on any atom is -0.489 e.